The van der Waals surface area contributed by atoms with Gasteiger partial charge >= 0.3 is 0 Å². The van der Waals surface area contributed by atoms with Crippen LogP contribution >= 0.6 is 0 Å². The van der Waals surface area contributed by atoms with Crippen molar-refractivity contribution in [1.29, 1.82) is 0 Å². The summed E-state index contributed by atoms with van der Waals surface area (Å²) in [5, 5.41) is 2.90. The molecule has 106 valence electrons. The minimum atomic E-state index is -1.22. The van der Waals surface area contributed by atoms with Crippen molar-refractivity contribution in [3.63, 3.8) is 0 Å². The molecule has 0 saturated carbocycles. The molecule has 0 saturated heterocycles. The van der Waals surface area contributed by atoms with E-state index in [1.807, 2.05) is 50.2 Å². The Hall–Kier alpha value is -2.53. The molecular formula is C16H15N3O2. The summed E-state index contributed by atoms with van der Waals surface area (Å²) in [5.74, 6) is 0.437. The number of benzene rings is 2. The Labute approximate surface area is 122 Å². The second kappa shape index (κ2) is 3.99. The standard InChI is InChI=1S/C16H15N3O2/c1-9-7-10(2)14-12(8-9)17-15(20)16(14)19-18-11-5-3-4-6-13(11)21-16/h3-8,18-19H,1-2H3,(H,17,20). The topological polar surface area (TPSA) is 62.4 Å². The fourth-order valence-corrected chi connectivity index (χ4v) is 3.08. The maximum atomic E-state index is 12.5. The number of anilines is 2. The molecule has 2 aromatic carbocycles. The van der Waals surface area contributed by atoms with Crippen LogP contribution in [0.3, 0.4) is 0 Å². The predicted octanol–water partition coefficient (Wildman–Crippen LogP) is 2.42. The Kier molecular flexibility index (Phi) is 2.32. The van der Waals surface area contributed by atoms with Gasteiger partial charge < -0.3 is 15.5 Å². The lowest BCUT2D eigenvalue weighted by atomic mass is 9.96. The quantitative estimate of drug-likeness (QED) is 0.694. The van der Waals surface area contributed by atoms with Crippen LogP contribution in [0.25, 0.3) is 0 Å². The van der Waals surface area contributed by atoms with Crippen LogP contribution in [0.1, 0.15) is 16.7 Å². The van der Waals surface area contributed by atoms with Crippen LogP contribution in [0, 0.1) is 13.8 Å². The highest BCUT2D eigenvalue weighted by atomic mass is 16.5. The monoisotopic (exact) mass is 281 g/mol. The number of carbonyl (C=O) groups excluding carboxylic acids is 1. The van der Waals surface area contributed by atoms with Crippen molar-refractivity contribution in [2.24, 2.45) is 0 Å². The molecule has 1 unspecified atom stereocenters. The third kappa shape index (κ3) is 1.58. The average molecular weight is 281 g/mol. The molecule has 21 heavy (non-hydrogen) atoms. The molecule has 3 N–H and O–H groups in total. The highest BCUT2D eigenvalue weighted by Gasteiger charge is 2.52. The van der Waals surface area contributed by atoms with E-state index >= 15 is 0 Å². The first-order valence-electron chi connectivity index (χ1n) is 6.84. The third-order valence-corrected chi connectivity index (χ3v) is 3.92. The van der Waals surface area contributed by atoms with E-state index in [0.29, 0.717) is 5.75 Å². The van der Waals surface area contributed by atoms with Crippen LogP contribution in [-0.2, 0) is 10.5 Å². The highest BCUT2D eigenvalue weighted by molar-refractivity contribution is 6.06. The Morgan fingerprint density at radius 2 is 1.90 bits per heavy atom. The number of rotatable bonds is 0. The van der Waals surface area contributed by atoms with Crippen LogP contribution in [0.15, 0.2) is 36.4 Å². The Balaban J connectivity index is 1.90. The number of hydrogen-bond acceptors (Lipinski definition) is 4. The molecule has 0 aliphatic carbocycles. The molecule has 0 bridgehead atoms. The number of ether oxygens (including phenoxy) is 1. The van der Waals surface area contributed by atoms with Gasteiger partial charge in [-0.2, -0.15) is 5.43 Å². The zero-order valence-corrected chi connectivity index (χ0v) is 11.8. The van der Waals surface area contributed by atoms with Crippen molar-refractivity contribution in [1.82, 2.24) is 5.43 Å². The van der Waals surface area contributed by atoms with Crippen LogP contribution in [0.4, 0.5) is 11.4 Å². The van der Waals surface area contributed by atoms with E-state index in [2.05, 4.69) is 16.2 Å². The normalized spacial score (nSPS) is 22.1. The molecule has 2 aliphatic heterocycles. The number of hydrazine groups is 1. The Morgan fingerprint density at radius 1 is 1.10 bits per heavy atom. The van der Waals surface area contributed by atoms with Gasteiger partial charge in [0.25, 0.3) is 11.6 Å². The second-order valence-electron chi connectivity index (χ2n) is 5.49. The van der Waals surface area contributed by atoms with Gasteiger partial charge in [0, 0.05) is 5.56 Å². The molecule has 4 rings (SSSR count). The number of para-hydroxylation sites is 2. The van der Waals surface area contributed by atoms with E-state index in [9.17, 15) is 4.79 Å². The molecule has 2 aromatic rings. The summed E-state index contributed by atoms with van der Waals surface area (Å²) in [5.41, 5.74) is 9.44. The van der Waals surface area contributed by atoms with Gasteiger partial charge in [-0.3, -0.25) is 4.79 Å². The number of fused-ring (bicyclic) bond motifs is 3. The molecule has 2 heterocycles. The molecule has 0 aromatic heterocycles. The molecule has 2 aliphatic rings. The summed E-state index contributed by atoms with van der Waals surface area (Å²) in [6.45, 7) is 3.99. The number of hydrogen-bond donors (Lipinski definition) is 3. The van der Waals surface area contributed by atoms with Gasteiger partial charge in [0.2, 0.25) is 0 Å². The lowest BCUT2D eigenvalue weighted by Gasteiger charge is -2.36. The first kappa shape index (κ1) is 12.2. The molecule has 5 heteroatoms. The Morgan fingerprint density at radius 3 is 2.76 bits per heavy atom. The maximum absolute atomic E-state index is 12.5. The maximum Gasteiger partial charge on any atom is 0.291 e. The molecule has 0 fully saturated rings. The summed E-state index contributed by atoms with van der Waals surface area (Å²) in [4.78, 5) is 12.5. The lowest BCUT2D eigenvalue weighted by molar-refractivity contribution is -0.134. The van der Waals surface area contributed by atoms with Crippen LogP contribution in [-0.4, -0.2) is 5.91 Å². The average Bonchev–Trinajstić information content (AvgIpc) is 2.71. The summed E-state index contributed by atoms with van der Waals surface area (Å²) in [6, 6.07) is 11.5. The van der Waals surface area contributed by atoms with Crippen molar-refractivity contribution in [2.45, 2.75) is 19.6 Å². The van der Waals surface area contributed by atoms with Crippen LogP contribution in [0.2, 0.25) is 0 Å². The lowest BCUT2D eigenvalue weighted by Crippen LogP contribution is -2.57. The van der Waals surface area contributed by atoms with E-state index in [-0.39, 0.29) is 5.91 Å². The minimum Gasteiger partial charge on any atom is -0.455 e. The van der Waals surface area contributed by atoms with Gasteiger partial charge in [-0.15, -0.1) is 0 Å². The number of nitrogens with one attached hydrogen (secondary N) is 3. The van der Waals surface area contributed by atoms with E-state index in [1.165, 1.54) is 0 Å². The molecule has 1 amide bonds. The SMILES string of the molecule is Cc1cc(C)c2c(c1)NC(=O)C21NNc2ccccc2O1. The van der Waals surface area contributed by atoms with Crippen molar-refractivity contribution < 1.29 is 9.53 Å². The van der Waals surface area contributed by atoms with Crippen LogP contribution in [0.5, 0.6) is 5.75 Å². The highest BCUT2D eigenvalue weighted by Crippen LogP contribution is 2.43. The van der Waals surface area contributed by atoms with E-state index in [0.717, 1.165) is 28.1 Å². The minimum absolute atomic E-state index is 0.215. The molecule has 5 nitrogen and oxygen atoms in total. The molecule has 1 spiro atoms. The third-order valence-electron chi connectivity index (χ3n) is 3.92. The van der Waals surface area contributed by atoms with Crippen molar-refractivity contribution in [2.75, 3.05) is 10.7 Å². The van der Waals surface area contributed by atoms with Crippen molar-refractivity contribution in [3.05, 3.63) is 53.1 Å². The zero-order valence-electron chi connectivity index (χ0n) is 11.8. The van der Waals surface area contributed by atoms with Crippen molar-refractivity contribution in [3.8, 4) is 5.75 Å². The van der Waals surface area contributed by atoms with Crippen LogP contribution < -0.4 is 20.9 Å². The van der Waals surface area contributed by atoms with E-state index in [1.54, 1.807) is 0 Å². The van der Waals surface area contributed by atoms with Crippen molar-refractivity contribution >= 4 is 17.3 Å². The summed E-state index contributed by atoms with van der Waals surface area (Å²) >= 11 is 0. The first-order valence-corrected chi connectivity index (χ1v) is 6.84. The van der Waals surface area contributed by atoms with Gasteiger partial charge in [-0.25, -0.2) is 0 Å². The summed E-state index contributed by atoms with van der Waals surface area (Å²) in [7, 11) is 0. The smallest absolute Gasteiger partial charge is 0.291 e. The molecular weight excluding hydrogens is 266 g/mol. The second-order valence-corrected chi connectivity index (χ2v) is 5.49. The summed E-state index contributed by atoms with van der Waals surface area (Å²) in [6.07, 6.45) is 0. The van der Waals surface area contributed by atoms with Gasteiger partial charge in [-0.05, 0) is 43.2 Å². The largest absolute Gasteiger partial charge is 0.455 e. The fourth-order valence-electron chi connectivity index (χ4n) is 3.08. The summed E-state index contributed by atoms with van der Waals surface area (Å²) < 4.78 is 6.05. The predicted molar refractivity (Wildman–Crippen MR) is 80.1 cm³/mol. The van der Waals surface area contributed by atoms with E-state index in [4.69, 9.17) is 4.74 Å². The fraction of sp³-hybridized carbons (Fsp3) is 0.188. The first-order chi connectivity index (χ1) is 10.1. The number of carbonyl (C=O) groups is 1. The van der Waals surface area contributed by atoms with Gasteiger partial charge in [0.1, 0.15) is 5.75 Å². The van der Waals surface area contributed by atoms with Gasteiger partial charge in [-0.1, -0.05) is 18.2 Å². The van der Waals surface area contributed by atoms with Gasteiger partial charge in [0.15, 0.2) is 0 Å². The van der Waals surface area contributed by atoms with E-state index < -0.39 is 5.72 Å². The Bertz CT molecular complexity index is 772. The molecule has 1 atom stereocenters. The molecule has 0 radical (unpaired) electrons. The zero-order chi connectivity index (χ0) is 14.6. The van der Waals surface area contributed by atoms with Gasteiger partial charge in [0.05, 0.1) is 11.4 Å². The number of amides is 1. The number of aryl methyl sites for hydroxylation is 2.